The molecule has 0 spiro atoms. The maximum Gasteiger partial charge on any atom is 0.256 e. The molecular formula is C27H27Cl2N3O3. The van der Waals surface area contributed by atoms with Crippen LogP contribution in [0.25, 0.3) is 0 Å². The number of rotatable bonds is 10. The van der Waals surface area contributed by atoms with Gasteiger partial charge in [0.25, 0.3) is 11.8 Å². The van der Waals surface area contributed by atoms with Crippen molar-refractivity contribution in [1.82, 2.24) is 10.2 Å². The van der Waals surface area contributed by atoms with Crippen molar-refractivity contribution in [3.05, 3.63) is 99.0 Å². The van der Waals surface area contributed by atoms with Crippen molar-refractivity contribution < 1.29 is 14.3 Å². The van der Waals surface area contributed by atoms with E-state index < -0.39 is 0 Å². The van der Waals surface area contributed by atoms with E-state index in [1.54, 1.807) is 31.4 Å². The summed E-state index contributed by atoms with van der Waals surface area (Å²) in [5.41, 5.74) is 3.95. The minimum Gasteiger partial charge on any atom is -0.385 e. The smallest absolute Gasteiger partial charge is 0.256 e. The number of amides is 2. The molecule has 3 aromatic rings. The number of carbonyl (C=O) groups is 2. The molecule has 182 valence electrons. The normalized spacial score (nSPS) is 14.7. The number of ether oxygens (including phenoxy) is 1. The standard InChI is InChI=1S/C27H27Cl2N3O3/c1-35-16-4-15-32-25(22-5-2-3-6-23(22)27(32)34)31-21-11-8-19(9-12-21)26(33)30-14-13-18-7-10-20(28)17-24(18)29/h2-3,5-12,17,25,31H,4,13-16H2,1H3,(H,30,33). The SMILES string of the molecule is COCCCN1C(=O)c2ccccc2C1Nc1ccc(C(=O)NCCc2ccc(Cl)cc2Cl)cc1. The molecule has 0 saturated heterocycles. The molecule has 1 aliphatic rings. The second kappa shape index (κ2) is 11.6. The van der Waals surface area contributed by atoms with Crippen molar-refractivity contribution in [3.8, 4) is 0 Å². The van der Waals surface area contributed by atoms with Gasteiger partial charge >= 0.3 is 0 Å². The Morgan fingerprint density at radius 3 is 2.57 bits per heavy atom. The van der Waals surface area contributed by atoms with Gasteiger partial charge in [0.2, 0.25) is 0 Å². The third-order valence-electron chi connectivity index (χ3n) is 5.95. The van der Waals surface area contributed by atoms with E-state index in [1.807, 2.05) is 47.4 Å². The highest BCUT2D eigenvalue weighted by molar-refractivity contribution is 6.35. The summed E-state index contributed by atoms with van der Waals surface area (Å²) in [7, 11) is 1.65. The van der Waals surface area contributed by atoms with Gasteiger partial charge in [-0.25, -0.2) is 0 Å². The highest BCUT2D eigenvalue weighted by atomic mass is 35.5. The molecule has 0 aliphatic carbocycles. The number of methoxy groups -OCH3 is 1. The van der Waals surface area contributed by atoms with Crippen LogP contribution in [0.3, 0.4) is 0 Å². The lowest BCUT2D eigenvalue weighted by Gasteiger charge is -2.27. The molecule has 0 saturated carbocycles. The topological polar surface area (TPSA) is 70.7 Å². The minimum absolute atomic E-state index is 0.00555. The van der Waals surface area contributed by atoms with Crippen LogP contribution in [0.4, 0.5) is 5.69 Å². The lowest BCUT2D eigenvalue weighted by Crippen LogP contribution is -2.33. The van der Waals surface area contributed by atoms with Crippen LogP contribution in [0, 0.1) is 0 Å². The van der Waals surface area contributed by atoms with E-state index in [2.05, 4.69) is 10.6 Å². The third-order valence-corrected chi connectivity index (χ3v) is 6.54. The fourth-order valence-corrected chi connectivity index (χ4v) is 4.65. The molecule has 1 aliphatic heterocycles. The lowest BCUT2D eigenvalue weighted by atomic mass is 10.1. The molecule has 6 nitrogen and oxygen atoms in total. The Hall–Kier alpha value is -3.06. The van der Waals surface area contributed by atoms with E-state index in [0.717, 1.165) is 23.2 Å². The number of carbonyl (C=O) groups excluding carboxylic acids is 2. The summed E-state index contributed by atoms with van der Waals surface area (Å²) in [6.07, 6.45) is 1.07. The van der Waals surface area contributed by atoms with Gasteiger partial charge in [-0.2, -0.15) is 0 Å². The Morgan fingerprint density at radius 1 is 1.06 bits per heavy atom. The zero-order chi connectivity index (χ0) is 24.8. The van der Waals surface area contributed by atoms with Crippen LogP contribution in [0.2, 0.25) is 10.0 Å². The molecule has 0 radical (unpaired) electrons. The van der Waals surface area contributed by atoms with E-state index in [9.17, 15) is 9.59 Å². The van der Waals surface area contributed by atoms with E-state index in [0.29, 0.717) is 47.3 Å². The number of halogens is 2. The van der Waals surface area contributed by atoms with Gasteiger partial charge in [0.05, 0.1) is 0 Å². The molecule has 0 aromatic heterocycles. The summed E-state index contributed by atoms with van der Waals surface area (Å²) in [6, 6.07) is 20.2. The van der Waals surface area contributed by atoms with Gasteiger partial charge in [-0.15, -0.1) is 0 Å². The summed E-state index contributed by atoms with van der Waals surface area (Å²) < 4.78 is 5.16. The number of nitrogens with one attached hydrogen (secondary N) is 2. The summed E-state index contributed by atoms with van der Waals surface area (Å²) >= 11 is 12.1. The van der Waals surface area contributed by atoms with Crippen molar-refractivity contribution in [3.63, 3.8) is 0 Å². The van der Waals surface area contributed by atoms with Crippen LogP contribution >= 0.6 is 23.2 Å². The Bertz CT molecular complexity index is 1200. The number of hydrogen-bond acceptors (Lipinski definition) is 4. The number of benzene rings is 3. The predicted octanol–water partition coefficient (Wildman–Crippen LogP) is 5.57. The Balaban J connectivity index is 1.38. The molecule has 3 aromatic carbocycles. The molecular weight excluding hydrogens is 485 g/mol. The number of fused-ring (bicyclic) bond motifs is 1. The van der Waals surface area contributed by atoms with Gasteiger partial charge < -0.3 is 20.3 Å². The molecule has 2 N–H and O–H groups in total. The Morgan fingerprint density at radius 2 is 1.83 bits per heavy atom. The molecule has 1 atom stereocenters. The minimum atomic E-state index is -0.278. The second-order valence-corrected chi connectivity index (χ2v) is 9.14. The monoisotopic (exact) mass is 511 g/mol. The molecule has 35 heavy (non-hydrogen) atoms. The van der Waals surface area contributed by atoms with Crippen molar-refractivity contribution >= 4 is 40.7 Å². The predicted molar refractivity (Wildman–Crippen MR) is 139 cm³/mol. The van der Waals surface area contributed by atoms with Crippen molar-refractivity contribution in [2.45, 2.75) is 19.0 Å². The van der Waals surface area contributed by atoms with Crippen molar-refractivity contribution in [2.24, 2.45) is 0 Å². The molecule has 0 fully saturated rings. The largest absolute Gasteiger partial charge is 0.385 e. The Kier molecular flexibility index (Phi) is 8.29. The molecule has 8 heteroatoms. The van der Waals surface area contributed by atoms with E-state index in [1.165, 1.54) is 0 Å². The zero-order valence-electron chi connectivity index (χ0n) is 19.4. The van der Waals surface area contributed by atoms with Crippen LogP contribution in [-0.2, 0) is 11.2 Å². The molecule has 0 bridgehead atoms. The summed E-state index contributed by atoms with van der Waals surface area (Å²) in [6.45, 7) is 1.62. The first-order valence-electron chi connectivity index (χ1n) is 11.5. The molecule has 4 rings (SSSR count). The maximum atomic E-state index is 13.0. The summed E-state index contributed by atoms with van der Waals surface area (Å²) in [5.74, 6) is -0.157. The third kappa shape index (κ3) is 5.96. The summed E-state index contributed by atoms with van der Waals surface area (Å²) in [5, 5.41) is 7.55. The van der Waals surface area contributed by atoms with Gasteiger partial charge in [0, 0.05) is 59.2 Å². The van der Waals surface area contributed by atoms with Gasteiger partial charge in [0.15, 0.2) is 0 Å². The lowest BCUT2D eigenvalue weighted by molar-refractivity contribution is 0.0721. The number of nitrogens with zero attached hydrogens (tertiary/aromatic N) is 1. The highest BCUT2D eigenvalue weighted by Crippen LogP contribution is 2.34. The molecule has 1 unspecified atom stereocenters. The first kappa shape index (κ1) is 25.0. The first-order valence-corrected chi connectivity index (χ1v) is 12.2. The van der Waals surface area contributed by atoms with Crippen LogP contribution in [-0.4, -0.2) is 43.5 Å². The van der Waals surface area contributed by atoms with E-state index >= 15 is 0 Å². The van der Waals surface area contributed by atoms with Crippen LogP contribution < -0.4 is 10.6 Å². The zero-order valence-corrected chi connectivity index (χ0v) is 20.9. The van der Waals surface area contributed by atoms with Gasteiger partial charge in [-0.05, 0) is 60.9 Å². The quantitative estimate of drug-likeness (QED) is 0.349. The van der Waals surface area contributed by atoms with Crippen molar-refractivity contribution in [2.75, 3.05) is 32.1 Å². The molecule has 2 amide bonds. The number of hydrogen-bond donors (Lipinski definition) is 2. The van der Waals surface area contributed by atoms with Crippen LogP contribution in [0.15, 0.2) is 66.7 Å². The fourth-order valence-electron chi connectivity index (χ4n) is 4.15. The first-order chi connectivity index (χ1) is 17.0. The average Bonchev–Trinajstić information content (AvgIpc) is 3.12. The highest BCUT2D eigenvalue weighted by Gasteiger charge is 2.36. The van der Waals surface area contributed by atoms with Crippen molar-refractivity contribution in [1.29, 1.82) is 0 Å². The van der Waals surface area contributed by atoms with Gasteiger partial charge in [-0.1, -0.05) is 47.5 Å². The summed E-state index contributed by atoms with van der Waals surface area (Å²) in [4.78, 5) is 27.4. The Labute approximate surface area is 215 Å². The van der Waals surface area contributed by atoms with Gasteiger partial charge in [0.1, 0.15) is 6.17 Å². The second-order valence-electron chi connectivity index (χ2n) is 8.30. The van der Waals surface area contributed by atoms with Crippen LogP contribution in [0.1, 0.15) is 44.4 Å². The van der Waals surface area contributed by atoms with E-state index in [-0.39, 0.29) is 18.0 Å². The average molecular weight is 512 g/mol. The number of anilines is 1. The molecule has 1 heterocycles. The van der Waals surface area contributed by atoms with E-state index in [4.69, 9.17) is 27.9 Å². The fraction of sp³-hybridized carbons (Fsp3) is 0.259. The van der Waals surface area contributed by atoms with Gasteiger partial charge in [-0.3, -0.25) is 9.59 Å². The maximum absolute atomic E-state index is 13.0. The van der Waals surface area contributed by atoms with Crippen LogP contribution in [0.5, 0.6) is 0 Å².